The average Bonchev–Trinajstić information content (AvgIpc) is 3.11. The molecule has 1 aliphatic heterocycles. The van der Waals surface area contributed by atoms with Crippen LogP contribution in [0.25, 0.3) is 0 Å². The summed E-state index contributed by atoms with van der Waals surface area (Å²) in [6.07, 6.45) is 0.899. The average molecular weight is 351 g/mol. The monoisotopic (exact) mass is 351 g/mol. The lowest BCUT2D eigenvalue weighted by Gasteiger charge is -2.20. The molecule has 0 aromatic heterocycles. The topological polar surface area (TPSA) is 52.7 Å². The molecule has 0 saturated heterocycles. The third-order valence-electron chi connectivity index (χ3n) is 4.79. The van der Waals surface area contributed by atoms with E-state index < -0.39 is 0 Å². The van der Waals surface area contributed by atoms with Gasteiger partial charge in [0.25, 0.3) is 5.91 Å². The van der Waals surface area contributed by atoms with Gasteiger partial charge in [0.05, 0.1) is 6.54 Å². The van der Waals surface area contributed by atoms with Gasteiger partial charge in [0.2, 0.25) is 5.91 Å². The van der Waals surface area contributed by atoms with Crippen molar-refractivity contribution in [3.63, 3.8) is 0 Å². The number of nitrogens with one attached hydrogen (secondary N) is 1. The van der Waals surface area contributed by atoms with E-state index in [1.165, 1.54) is 5.56 Å². The fraction of sp³-hybridized carbons (Fsp3) is 0.333. The van der Waals surface area contributed by atoms with E-state index >= 15 is 0 Å². The van der Waals surface area contributed by atoms with Crippen molar-refractivity contribution in [1.29, 1.82) is 0 Å². The first-order valence-electron chi connectivity index (χ1n) is 9.15. The minimum absolute atomic E-state index is 0.0125. The number of carbonyl (C=O) groups is 2. The minimum Gasteiger partial charge on any atom is -0.376 e. The first-order chi connectivity index (χ1) is 12.6. The second-order valence-electron chi connectivity index (χ2n) is 6.34. The molecule has 0 atom stereocenters. The first-order valence-corrected chi connectivity index (χ1v) is 9.15. The van der Waals surface area contributed by atoms with Gasteiger partial charge in [-0.25, -0.2) is 0 Å². The van der Waals surface area contributed by atoms with Crippen LogP contribution >= 0.6 is 0 Å². The van der Waals surface area contributed by atoms with Crippen LogP contribution in [0.4, 0.5) is 11.4 Å². The zero-order valence-corrected chi connectivity index (χ0v) is 15.4. The fourth-order valence-electron chi connectivity index (χ4n) is 3.33. The van der Waals surface area contributed by atoms with Crippen LogP contribution < -0.4 is 10.2 Å². The van der Waals surface area contributed by atoms with Crippen LogP contribution in [0.15, 0.2) is 48.5 Å². The van der Waals surface area contributed by atoms with Crippen LogP contribution in [0.2, 0.25) is 0 Å². The molecule has 0 aliphatic carbocycles. The highest BCUT2D eigenvalue weighted by Crippen LogP contribution is 2.27. The molecule has 5 heteroatoms. The molecule has 0 spiro atoms. The van der Waals surface area contributed by atoms with Crippen LogP contribution in [0.5, 0.6) is 0 Å². The summed E-state index contributed by atoms with van der Waals surface area (Å²) in [6, 6.07) is 15.4. The van der Waals surface area contributed by atoms with Crippen molar-refractivity contribution < 1.29 is 9.59 Å². The van der Waals surface area contributed by atoms with Gasteiger partial charge < -0.3 is 15.1 Å². The second-order valence-corrected chi connectivity index (χ2v) is 6.34. The summed E-state index contributed by atoms with van der Waals surface area (Å²) in [4.78, 5) is 28.7. The quantitative estimate of drug-likeness (QED) is 0.870. The smallest absolute Gasteiger partial charge is 0.253 e. The van der Waals surface area contributed by atoms with E-state index in [-0.39, 0.29) is 18.4 Å². The SMILES string of the molecule is CCN(CC)C(=O)c1cccc(NCC(=O)N2CCc3ccccc32)c1. The number of rotatable bonds is 6. The highest BCUT2D eigenvalue weighted by Gasteiger charge is 2.23. The fourth-order valence-corrected chi connectivity index (χ4v) is 3.33. The van der Waals surface area contributed by atoms with Crippen molar-refractivity contribution in [3.05, 3.63) is 59.7 Å². The molecule has 26 heavy (non-hydrogen) atoms. The molecule has 0 bridgehead atoms. The van der Waals surface area contributed by atoms with Crippen molar-refractivity contribution in [2.24, 2.45) is 0 Å². The van der Waals surface area contributed by atoms with Gasteiger partial charge >= 0.3 is 0 Å². The Kier molecular flexibility index (Phi) is 5.56. The summed E-state index contributed by atoms with van der Waals surface area (Å²) < 4.78 is 0. The van der Waals surface area contributed by atoms with Gasteiger partial charge in [0.15, 0.2) is 0 Å². The number of anilines is 2. The molecule has 0 radical (unpaired) electrons. The molecule has 1 N–H and O–H groups in total. The Hall–Kier alpha value is -2.82. The number of hydrogen-bond donors (Lipinski definition) is 1. The Labute approximate surface area is 154 Å². The van der Waals surface area contributed by atoms with Gasteiger partial charge in [-0.15, -0.1) is 0 Å². The molecule has 2 aromatic carbocycles. The highest BCUT2D eigenvalue weighted by molar-refractivity contribution is 5.98. The number of fused-ring (bicyclic) bond motifs is 1. The predicted molar refractivity (Wildman–Crippen MR) is 105 cm³/mol. The van der Waals surface area contributed by atoms with Crippen LogP contribution in [0.3, 0.4) is 0 Å². The minimum atomic E-state index is 0.0125. The van der Waals surface area contributed by atoms with Gasteiger partial charge in [-0.05, 0) is 50.1 Å². The van der Waals surface area contributed by atoms with Crippen molar-refractivity contribution in [2.75, 3.05) is 36.4 Å². The van der Waals surface area contributed by atoms with E-state index in [9.17, 15) is 9.59 Å². The first kappa shape index (κ1) is 18.0. The third-order valence-corrected chi connectivity index (χ3v) is 4.79. The Balaban J connectivity index is 1.64. The number of para-hydroxylation sites is 1. The number of carbonyl (C=O) groups excluding carboxylic acids is 2. The molecular formula is C21H25N3O2. The normalized spacial score (nSPS) is 12.6. The zero-order valence-electron chi connectivity index (χ0n) is 15.4. The second kappa shape index (κ2) is 8.04. The summed E-state index contributed by atoms with van der Waals surface area (Å²) in [7, 11) is 0. The lowest BCUT2D eigenvalue weighted by Crippen LogP contribution is -2.34. The van der Waals surface area contributed by atoms with Crippen molar-refractivity contribution in [1.82, 2.24) is 4.90 Å². The summed E-state index contributed by atoms with van der Waals surface area (Å²) in [5.74, 6) is 0.0499. The van der Waals surface area contributed by atoms with Gasteiger partial charge in [0, 0.05) is 36.6 Å². The Morgan fingerprint density at radius 3 is 2.62 bits per heavy atom. The van der Waals surface area contributed by atoms with Crippen LogP contribution in [-0.2, 0) is 11.2 Å². The predicted octanol–water partition coefficient (Wildman–Crippen LogP) is 3.17. The van der Waals surface area contributed by atoms with Gasteiger partial charge in [-0.2, -0.15) is 0 Å². The van der Waals surface area contributed by atoms with E-state index in [1.807, 2.05) is 61.2 Å². The van der Waals surface area contributed by atoms with E-state index in [0.717, 1.165) is 24.3 Å². The van der Waals surface area contributed by atoms with Gasteiger partial charge in [0.1, 0.15) is 0 Å². The standard InChI is InChI=1S/C21H25N3O2/c1-3-23(4-2)21(26)17-9-7-10-18(14-17)22-15-20(25)24-13-12-16-8-5-6-11-19(16)24/h5-11,14,22H,3-4,12-13,15H2,1-2H3. The lowest BCUT2D eigenvalue weighted by atomic mass is 10.1. The van der Waals surface area contributed by atoms with E-state index in [4.69, 9.17) is 0 Å². The molecule has 3 rings (SSSR count). The van der Waals surface area contributed by atoms with Crippen LogP contribution in [0, 0.1) is 0 Å². The summed E-state index contributed by atoms with van der Waals surface area (Å²) in [5, 5.41) is 3.16. The van der Waals surface area contributed by atoms with Crippen molar-refractivity contribution in [2.45, 2.75) is 20.3 Å². The molecule has 2 aromatic rings. The molecule has 1 heterocycles. The van der Waals surface area contributed by atoms with Gasteiger partial charge in [-0.1, -0.05) is 24.3 Å². The number of amides is 2. The Bertz CT molecular complexity index is 799. The molecular weight excluding hydrogens is 326 g/mol. The largest absolute Gasteiger partial charge is 0.376 e. The molecule has 1 aliphatic rings. The van der Waals surface area contributed by atoms with Gasteiger partial charge in [-0.3, -0.25) is 9.59 Å². The van der Waals surface area contributed by atoms with E-state index in [2.05, 4.69) is 11.4 Å². The van der Waals surface area contributed by atoms with Crippen LogP contribution in [-0.4, -0.2) is 42.9 Å². The van der Waals surface area contributed by atoms with Crippen molar-refractivity contribution >= 4 is 23.2 Å². The lowest BCUT2D eigenvalue weighted by molar-refractivity contribution is -0.116. The maximum absolute atomic E-state index is 12.6. The molecule has 2 amide bonds. The third kappa shape index (κ3) is 3.72. The summed E-state index contributed by atoms with van der Waals surface area (Å²) in [6.45, 7) is 6.23. The molecule has 0 unspecified atom stereocenters. The molecule has 5 nitrogen and oxygen atoms in total. The number of nitrogens with zero attached hydrogens (tertiary/aromatic N) is 2. The maximum Gasteiger partial charge on any atom is 0.253 e. The van der Waals surface area contributed by atoms with Crippen molar-refractivity contribution in [3.8, 4) is 0 Å². The summed E-state index contributed by atoms with van der Waals surface area (Å²) >= 11 is 0. The maximum atomic E-state index is 12.6. The Morgan fingerprint density at radius 2 is 1.85 bits per heavy atom. The van der Waals surface area contributed by atoms with E-state index in [0.29, 0.717) is 18.7 Å². The number of benzene rings is 2. The Morgan fingerprint density at radius 1 is 1.08 bits per heavy atom. The highest BCUT2D eigenvalue weighted by atomic mass is 16.2. The molecule has 0 saturated carbocycles. The molecule has 136 valence electrons. The van der Waals surface area contributed by atoms with Crippen LogP contribution in [0.1, 0.15) is 29.8 Å². The molecule has 0 fully saturated rings. The van der Waals surface area contributed by atoms with E-state index in [1.54, 1.807) is 4.90 Å². The zero-order chi connectivity index (χ0) is 18.5. The number of hydrogen-bond acceptors (Lipinski definition) is 3. The summed E-state index contributed by atoms with van der Waals surface area (Å²) in [5.41, 5.74) is 3.64.